The number of aryl methyl sites for hydroxylation is 1. The molecule has 2 aliphatic rings. The fraction of sp³-hybridized carbons (Fsp3) is 0.167. The van der Waals surface area contributed by atoms with Gasteiger partial charge in [-0.3, -0.25) is 0 Å². The Kier molecular flexibility index (Phi) is 6.42. The monoisotopic (exact) mass is 441 g/mol. The van der Waals surface area contributed by atoms with Crippen LogP contribution in [0.2, 0.25) is 0 Å². The predicted molar refractivity (Wildman–Crippen MR) is 107 cm³/mol. The Morgan fingerprint density at radius 1 is 0.964 bits per heavy atom. The normalized spacial score (nSPS) is 16.7. The van der Waals surface area contributed by atoms with Gasteiger partial charge < -0.3 is 24.8 Å². The second kappa shape index (κ2) is 8.47. The van der Waals surface area contributed by atoms with Crippen LogP contribution in [-0.4, -0.2) is 4.57 Å². The molecule has 140 valence electrons. The van der Waals surface area contributed by atoms with E-state index >= 15 is 0 Å². The van der Waals surface area contributed by atoms with Gasteiger partial charge in [0, 0.05) is 0 Å². The summed E-state index contributed by atoms with van der Waals surface area (Å²) in [6.45, 7) is 4.53. The summed E-state index contributed by atoms with van der Waals surface area (Å²) >= 11 is -0.250. The molecule has 0 bridgehead atoms. The van der Waals surface area contributed by atoms with Crippen LogP contribution in [-0.2, 0) is 19.2 Å². The maximum absolute atomic E-state index is 2.53. The van der Waals surface area contributed by atoms with Gasteiger partial charge >= 0.3 is 164 Å². The number of rotatable bonds is 3. The fourth-order valence-electron chi connectivity index (χ4n) is 4.25. The van der Waals surface area contributed by atoms with E-state index in [4.69, 9.17) is 0 Å². The SMILES string of the molecule is Cc1c(C)n(C2=Cc3ccccc3[CH]2[Ti+2][C]2=CC=CC2)c2ccccc12.[Cl-].[Cl-]. The third-order valence-electron chi connectivity index (χ3n) is 5.69. The van der Waals surface area contributed by atoms with Gasteiger partial charge in [0.05, 0.1) is 0 Å². The average Bonchev–Trinajstić information content (AvgIpc) is 3.36. The predicted octanol–water partition coefficient (Wildman–Crippen LogP) is 0.245. The third kappa shape index (κ3) is 3.35. The van der Waals surface area contributed by atoms with Gasteiger partial charge in [-0.25, -0.2) is 0 Å². The quantitative estimate of drug-likeness (QED) is 0.513. The zero-order chi connectivity index (χ0) is 17.7. The van der Waals surface area contributed by atoms with E-state index in [9.17, 15) is 0 Å². The van der Waals surface area contributed by atoms with Gasteiger partial charge in [0.25, 0.3) is 0 Å². The summed E-state index contributed by atoms with van der Waals surface area (Å²) in [5.41, 5.74) is 8.51. The Morgan fingerprint density at radius 2 is 1.71 bits per heavy atom. The molecule has 1 nitrogen and oxygen atoms in total. The minimum absolute atomic E-state index is 0. The molecular weight excluding hydrogens is 421 g/mol. The molecule has 0 saturated heterocycles. The second-order valence-corrected chi connectivity index (χ2v) is 9.52. The summed E-state index contributed by atoms with van der Waals surface area (Å²) in [4.78, 5) is 0. The number of hydrogen-bond acceptors (Lipinski definition) is 0. The van der Waals surface area contributed by atoms with Gasteiger partial charge in [0.1, 0.15) is 0 Å². The van der Waals surface area contributed by atoms with Gasteiger partial charge in [-0.15, -0.1) is 0 Å². The molecule has 1 unspecified atom stereocenters. The Hall–Kier alpha value is -1.51. The molecule has 1 atom stereocenters. The Bertz CT molecular complexity index is 1120. The number of benzene rings is 2. The number of hydrogen-bond donors (Lipinski definition) is 0. The maximum atomic E-state index is 2.53. The smallest absolute Gasteiger partial charge is 1.00 e. The van der Waals surface area contributed by atoms with Crippen LogP contribution in [0.3, 0.4) is 0 Å². The molecule has 0 aliphatic heterocycles. The minimum Gasteiger partial charge on any atom is -1.00 e. The van der Waals surface area contributed by atoms with E-state index in [1.165, 1.54) is 39.0 Å². The van der Waals surface area contributed by atoms with E-state index in [-0.39, 0.29) is 44.0 Å². The summed E-state index contributed by atoms with van der Waals surface area (Å²) in [6, 6.07) is 17.8. The molecule has 0 N–H and O–H groups in total. The number of para-hydroxylation sites is 1. The number of halogens is 2. The van der Waals surface area contributed by atoms with Crippen LogP contribution in [0.15, 0.2) is 70.6 Å². The third-order valence-corrected chi connectivity index (χ3v) is 8.25. The van der Waals surface area contributed by atoms with Crippen molar-refractivity contribution >= 4 is 22.7 Å². The molecule has 0 radical (unpaired) electrons. The topological polar surface area (TPSA) is 4.93 Å². The molecule has 5 rings (SSSR count). The van der Waals surface area contributed by atoms with Gasteiger partial charge in [-0.05, 0) is 0 Å². The molecule has 3 aromatic rings. The maximum Gasteiger partial charge on any atom is -1.00 e. The van der Waals surface area contributed by atoms with Crippen molar-refractivity contribution in [2.24, 2.45) is 0 Å². The van der Waals surface area contributed by atoms with Crippen molar-refractivity contribution in [3.63, 3.8) is 0 Å². The molecule has 2 aliphatic carbocycles. The van der Waals surface area contributed by atoms with Crippen LogP contribution in [0.5, 0.6) is 0 Å². The Morgan fingerprint density at radius 3 is 2.50 bits per heavy atom. The van der Waals surface area contributed by atoms with Crippen molar-refractivity contribution < 1.29 is 44.0 Å². The largest absolute Gasteiger partial charge is 1.00 e. The first-order valence-corrected chi connectivity index (χ1v) is 10.9. The molecule has 1 aromatic heterocycles. The van der Waals surface area contributed by atoms with Crippen molar-refractivity contribution in [3.8, 4) is 0 Å². The van der Waals surface area contributed by atoms with Crippen molar-refractivity contribution in [1.82, 2.24) is 4.57 Å². The van der Waals surface area contributed by atoms with Crippen LogP contribution in [0.1, 0.15) is 33.0 Å². The van der Waals surface area contributed by atoms with Gasteiger partial charge in [0.2, 0.25) is 0 Å². The minimum atomic E-state index is -0.250. The van der Waals surface area contributed by atoms with Gasteiger partial charge in [-0.2, -0.15) is 0 Å². The van der Waals surface area contributed by atoms with Crippen molar-refractivity contribution in [3.05, 3.63) is 93.0 Å². The number of fused-ring (bicyclic) bond motifs is 2. The first kappa shape index (κ1) is 21.2. The fourth-order valence-corrected chi connectivity index (χ4v) is 6.72. The second-order valence-electron chi connectivity index (χ2n) is 7.16. The van der Waals surface area contributed by atoms with Gasteiger partial charge in [0.15, 0.2) is 0 Å². The summed E-state index contributed by atoms with van der Waals surface area (Å²) in [5, 5.41) is 1.38. The van der Waals surface area contributed by atoms with E-state index in [1.807, 2.05) is 0 Å². The molecule has 0 spiro atoms. The molecule has 0 amide bonds. The molecule has 2 aromatic carbocycles. The van der Waals surface area contributed by atoms with E-state index in [2.05, 4.69) is 91.2 Å². The molecule has 0 saturated carbocycles. The standard InChI is InChI=1S/C19H16N.C5H5.2ClH.Ti/c1-13-14(2)20(19-10-6-5-9-18(13)19)17-11-15-7-3-4-8-16(15)12-17;1-2-4-5-3-1;;;/h3-12H,1-2H3;1-3H,4H2;2*1H;/q;;;;+2/p-2. The Balaban J connectivity index is 0.00000112. The van der Waals surface area contributed by atoms with Crippen molar-refractivity contribution in [1.29, 1.82) is 0 Å². The molecule has 0 fully saturated rings. The summed E-state index contributed by atoms with van der Waals surface area (Å²) < 4.78 is 4.73. The van der Waals surface area contributed by atoms with Crippen LogP contribution in [0, 0.1) is 13.8 Å². The zero-order valence-electron chi connectivity index (χ0n) is 15.9. The van der Waals surface area contributed by atoms with Crippen LogP contribution in [0.4, 0.5) is 0 Å². The van der Waals surface area contributed by atoms with E-state index in [1.54, 1.807) is 3.88 Å². The number of nitrogens with zero attached hydrogens (tertiary/aromatic N) is 1. The van der Waals surface area contributed by atoms with Crippen molar-refractivity contribution in [2.45, 2.75) is 24.5 Å². The summed E-state index contributed by atoms with van der Waals surface area (Å²) in [6.07, 6.45) is 10.5. The van der Waals surface area contributed by atoms with Crippen LogP contribution >= 0.6 is 0 Å². The zero-order valence-corrected chi connectivity index (χ0v) is 19.0. The molecule has 4 heteroatoms. The summed E-state index contributed by atoms with van der Waals surface area (Å²) in [5.74, 6) is 0. The van der Waals surface area contributed by atoms with E-state index < -0.39 is 0 Å². The molecule has 28 heavy (non-hydrogen) atoms. The summed E-state index contributed by atoms with van der Waals surface area (Å²) in [7, 11) is 0. The van der Waals surface area contributed by atoms with Crippen molar-refractivity contribution in [2.75, 3.05) is 0 Å². The molecular formula is C24H21Cl2NTi. The van der Waals surface area contributed by atoms with Gasteiger partial charge in [-0.1, -0.05) is 0 Å². The number of allylic oxidation sites excluding steroid dienone is 5. The number of aromatic nitrogens is 1. The van der Waals surface area contributed by atoms with Crippen LogP contribution < -0.4 is 24.8 Å². The molecule has 1 heterocycles. The first-order valence-electron chi connectivity index (χ1n) is 9.24. The van der Waals surface area contributed by atoms with Crippen LogP contribution in [0.25, 0.3) is 22.7 Å². The average molecular weight is 442 g/mol. The van der Waals surface area contributed by atoms with E-state index in [0.29, 0.717) is 4.22 Å². The first-order chi connectivity index (χ1) is 12.7. The Labute approximate surface area is 188 Å². The van der Waals surface area contributed by atoms with E-state index in [0.717, 1.165) is 6.42 Å².